The fourth-order valence-corrected chi connectivity index (χ4v) is 3.72. The molecule has 0 bridgehead atoms. The third kappa shape index (κ3) is 2.65. The van der Waals surface area contributed by atoms with Gasteiger partial charge in [-0.15, -0.1) is 0 Å². The smallest absolute Gasteiger partial charge is 0.184 e. The zero-order valence-corrected chi connectivity index (χ0v) is 10.4. The topological polar surface area (TPSA) is 60.2 Å². The van der Waals surface area contributed by atoms with E-state index in [1.54, 1.807) is 16.8 Å². The Morgan fingerprint density at radius 3 is 2.65 bits per heavy atom. The Kier molecular flexibility index (Phi) is 3.17. The van der Waals surface area contributed by atoms with E-state index in [0.717, 1.165) is 12.1 Å². The van der Waals surface area contributed by atoms with Crippen LogP contribution < -0.4 is 5.73 Å². The summed E-state index contributed by atoms with van der Waals surface area (Å²) in [5.74, 6) is -0.663. The van der Waals surface area contributed by atoms with E-state index < -0.39 is 15.7 Å². The van der Waals surface area contributed by atoms with Crippen LogP contribution in [0.15, 0.2) is 39.9 Å². The minimum absolute atomic E-state index is 0.0231. The molecule has 0 amide bonds. The van der Waals surface area contributed by atoms with Crippen molar-refractivity contribution in [2.45, 2.75) is 10.6 Å². The summed E-state index contributed by atoms with van der Waals surface area (Å²) in [6.45, 7) is 0. The molecule has 0 saturated heterocycles. The Morgan fingerprint density at radius 1 is 1.29 bits per heavy atom. The molecule has 0 spiro atoms. The summed E-state index contributed by atoms with van der Waals surface area (Å²) in [7, 11) is -3.52. The lowest BCUT2D eigenvalue weighted by molar-refractivity contribution is 0.594. The Bertz CT molecular complexity index is 621. The molecule has 2 aromatic rings. The monoisotopic (exact) mass is 271 g/mol. The minimum Gasteiger partial charge on any atom is -0.398 e. The van der Waals surface area contributed by atoms with Crippen molar-refractivity contribution in [1.29, 1.82) is 0 Å². The van der Waals surface area contributed by atoms with Crippen LogP contribution in [0, 0.1) is 5.82 Å². The van der Waals surface area contributed by atoms with Gasteiger partial charge in [-0.1, -0.05) is 0 Å². The molecule has 3 nitrogen and oxygen atoms in total. The first-order valence-electron chi connectivity index (χ1n) is 4.78. The predicted molar refractivity (Wildman–Crippen MR) is 66.0 cm³/mol. The first-order valence-corrected chi connectivity index (χ1v) is 7.37. The van der Waals surface area contributed by atoms with Crippen LogP contribution in [0.2, 0.25) is 0 Å². The summed E-state index contributed by atoms with van der Waals surface area (Å²) in [6.07, 6.45) is 0. The van der Waals surface area contributed by atoms with Crippen LogP contribution in [0.4, 0.5) is 10.1 Å². The number of nitrogen functional groups attached to an aromatic ring is 1. The van der Waals surface area contributed by atoms with E-state index in [4.69, 9.17) is 5.73 Å². The van der Waals surface area contributed by atoms with Crippen LogP contribution in [-0.2, 0) is 15.6 Å². The number of thiophene rings is 1. The summed E-state index contributed by atoms with van der Waals surface area (Å²) in [5.41, 5.74) is 6.17. The van der Waals surface area contributed by atoms with Gasteiger partial charge in [-0.05, 0) is 40.6 Å². The molecule has 0 unspecified atom stereocenters. The molecule has 6 heteroatoms. The fraction of sp³-hybridized carbons (Fsp3) is 0.0909. The van der Waals surface area contributed by atoms with Crippen molar-refractivity contribution in [3.05, 3.63) is 46.4 Å². The molecule has 2 rings (SSSR count). The Morgan fingerprint density at radius 2 is 2.06 bits per heavy atom. The standard InChI is InChI=1S/C11H10FNO2S2/c12-9-1-2-11(10(13)5-9)17(14,15)7-8-3-4-16-6-8/h1-6H,7,13H2. The molecular weight excluding hydrogens is 261 g/mol. The second kappa shape index (κ2) is 4.46. The molecule has 90 valence electrons. The largest absolute Gasteiger partial charge is 0.398 e. The number of nitrogens with two attached hydrogens (primary N) is 1. The van der Waals surface area contributed by atoms with Gasteiger partial charge in [0.2, 0.25) is 0 Å². The first-order chi connectivity index (χ1) is 7.99. The second-order valence-electron chi connectivity index (χ2n) is 3.57. The maximum Gasteiger partial charge on any atom is 0.184 e. The predicted octanol–water partition coefficient (Wildman–Crippen LogP) is 2.44. The van der Waals surface area contributed by atoms with Gasteiger partial charge in [0.05, 0.1) is 16.3 Å². The molecule has 1 aromatic heterocycles. The quantitative estimate of drug-likeness (QED) is 0.689. The molecule has 17 heavy (non-hydrogen) atoms. The summed E-state index contributed by atoms with van der Waals surface area (Å²) in [4.78, 5) is -0.0231. The van der Waals surface area contributed by atoms with Crippen molar-refractivity contribution in [2.75, 3.05) is 5.73 Å². The van der Waals surface area contributed by atoms with Gasteiger partial charge in [-0.2, -0.15) is 11.3 Å². The third-order valence-electron chi connectivity index (χ3n) is 2.24. The zero-order chi connectivity index (χ0) is 12.5. The van der Waals surface area contributed by atoms with Crippen molar-refractivity contribution in [3.8, 4) is 0 Å². The number of halogens is 1. The van der Waals surface area contributed by atoms with E-state index in [-0.39, 0.29) is 16.3 Å². The Balaban J connectivity index is 2.38. The molecule has 0 aliphatic carbocycles. The minimum atomic E-state index is -3.52. The van der Waals surface area contributed by atoms with E-state index >= 15 is 0 Å². The zero-order valence-electron chi connectivity index (χ0n) is 8.76. The van der Waals surface area contributed by atoms with E-state index in [2.05, 4.69) is 0 Å². The van der Waals surface area contributed by atoms with Crippen molar-refractivity contribution in [3.63, 3.8) is 0 Å². The summed E-state index contributed by atoms with van der Waals surface area (Å²) in [5, 5.41) is 3.57. The normalized spacial score (nSPS) is 11.6. The average Bonchev–Trinajstić information content (AvgIpc) is 2.68. The SMILES string of the molecule is Nc1cc(F)ccc1S(=O)(=O)Cc1ccsc1. The van der Waals surface area contributed by atoms with Gasteiger partial charge in [-0.3, -0.25) is 0 Å². The van der Waals surface area contributed by atoms with E-state index in [1.165, 1.54) is 17.4 Å². The number of sulfone groups is 1. The van der Waals surface area contributed by atoms with Gasteiger partial charge in [0, 0.05) is 0 Å². The van der Waals surface area contributed by atoms with Crippen LogP contribution in [0.25, 0.3) is 0 Å². The van der Waals surface area contributed by atoms with Gasteiger partial charge in [0.1, 0.15) is 5.82 Å². The number of rotatable bonds is 3. The van der Waals surface area contributed by atoms with Crippen molar-refractivity contribution in [1.82, 2.24) is 0 Å². The second-order valence-corrected chi connectivity index (χ2v) is 6.31. The highest BCUT2D eigenvalue weighted by Gasteiger charge is 2.18. The lowest BCUT2D eigenvalue weighted by Crippen LogP contribution is -2.07. The maximum absolute atomic E-state index is 12.8. The average molecular weight is 271 g/mol. The molecule has 1 heterocycles. The molecule has 2 N–H and O–H groups in total. The first kappa shape index (κ1) is 12.1. The highest BCUT2D eigenvalue weighted by molar-refractivity contribution is 7.90. The summed E-state index contributed by atoms with van der Waals surface area (Å²) in [6, 6.07) is 5.05. The molecule has 0 aliphatic rings. The van der Waals surface area contributed by atoms with Crippen LogP contribution in [0.3, 0.4) is 0 Å². The lowest BCUT2D eigenvalue weighted by Gasteiger charge is -2.06. The van der Waals surface area contributed by atoms with Crippen molar-refractivity contribution < 1.29 is 12.8 Å². The van der Waals surface area contributed by atoms with Gasteiger partial charge in [0.25, 0.3) is 0 Å². The molecule has 0 atom stereocenters. The highest BCUT2D eigenvalue weighted by Crippen LogP contribution is 2.23. The number of hydrogen-bond donors (Lipinski definition) is 1. The van der Waals surface area contributed by atoms with E-state index in [1.807, 2.05) is 0 Å². The summed E-state index contributed by atoms with van der Waals surface area (Å²) < 4.78 is 36.9. The molecule has 0 saturated carbocycles. The van der Waals surface area contributed by atoms with Crippen LogP contribution in [0.5, 0.6) is 0 Å². The molecular formula is C11H10FNO2S2. The molecule has 0 fully saturated rings. The van der Waals surface area contributed by atoms with E-state index in [0.29, 0.717) is 5.56 Å². The van der Waals surface area contributed by atoms with Crippen molar-refractivity contribution >= 4 is 26.9 Å². The van der Waals surface area contributed by atoms with Gasteiger partial charge in [-0.25, -0.2) is 12.8 Å². The fourth-order valence-electron chi connectivity index (χ4n) is 1.47. The number of hydrogen-bond acceptors (Lipinski definition) is 4. The lowest BCUT2D eigenvalue weighted by atomic mass is 10.3. The Labute approximate surface area is 103 Å². The molecule has 0 radical (unpaired) electrons. The summed E-state index contributed by atoms with van der Waals surface area (Å²) >= 11 is 1.43. The van der Waals surface area contributed by atoms with Gasteiger partial charge in [0.15, 0.2) is 9.84 Å². The number of benzene rings is 1. The Hall–Kier alpha value is -1.40. The highest BCUT2D eigenvalue weighted by atomic mass is 32.2. The molecule has 1 aromatic carbocycles. The van der Waals surface area contributed by atoms with Crippen LogP contribution in [-0.4, -0.2) is 8.42 Å². The molecule has 0 aliphatic heterocycles. The third-order valence-corrected chi connectivity index (χ3v) is 4.73. The van der Waals surface area contributed by atoms with Crippen LogP contribution >= 0.6 is 11.3 Å². The van der Waals surface area contributed by atoms with Crippen molar-refractivity contribution in [2.24, 2.45) is 0 Å². The van der Waals surface area contributed by atoms with Gasteiger partial charge >= 0.3 is 0 Å². The van der Waals surface area contributed by atoms with Gasteiger partial charge < -0.3 is 5.73 Å². The maximum atomic E-state index is 12.8. The van der Waals surface area contributed by atoms with E-state index in [9.17, 15) is 12.8 Å². The van der Waals surface area contributed by atoms with Crippen LogP contribution in [0.1, 0.15) is 5.56 Å². The number of anilines is 1.